The highest BCUT2D eigenvalue weighted by atomic mass is 16.5. The molecule has 0 radical (unpaired) electrons. The standard InChI is InChI=1S/C14H21NO4/c1-3-4-5-10-8-11(14(18)15-6-7-16)13(17)12(9-10)19-2/h8-9,16-17H,3-7H2,1-2H3,(H,15,18). The van der Waals surface area contributed by atoms with E-state index >= 15 is 0 Å². The predicted molar refractivity (Wildman–Crippen MR) is 72.7 cm³/mol. The van der Waals surface area contributed by atoms with Crippen LogP contribution in [0.15, 0.2) is 12.1 Å². The molecule has 19 heavy (non-hydrogen) atoms. The van der Waals surface area contributed by atoms with Gasteiger partial charge in [0.2, 0.25) is 0 Å². The first-order chi connectivity index (χ1) is 9.13. The fourth-order valence-electron chi connectivity index (χ4n) is 1.78. The molecule has 5 nitrogen and oxygen atoms in total. The van der Waals surface area contributed by atoms with Crippen molar-refractivity contribution in [2.45, 2.75) is 26.2 Å². The largest absolute Gasteiger partial charge is 0.504 e. The molecule has 0 aliphatic heterocycles. The van der Waals surface area contributed by atoms with E-state index in [-0.39, 0.29) is 24.5 Å². The van der Waals surface area contributed by atoms with Crippen molar-refractivity contribution in [3.8, 4) is 11.5 Å². The molecule has 0 saturated carbocycles. The SMILES string of the molecule is CCCCc1cc(OC)c(O)c(C(=O)NCCO)c1. The van der Waals surface area contributed by atoms with E-state index in [0.717, 1.165) is 24.8 Å². The van der Waals surface area contributed by atoms with E-state index in [9.17, 15) is 9.90 Å². The summed E-state index contributed by atoms with van der Waals surface area (Å²) in [6.45, 7) is 2.10. The number of aliphatic hydroxyl groups excluding tert-OH is 1. The molecule has 0 aliphatic rings. The van der Waals surface area contributed by atoms with Crippen LogP contribution in [0.3, 0.4) is 0 Å². The summed E-state index contributed by atoms with van der Waals surface area (Å²) in [6.07, 6.45) is 2.88. The van der Waals surface area contributed by atoms with Crippen molar-refractivity contribution in [2.75, 3.05) is 20.3 Å². The third-order valence-electron chi connectivity index (χ3n) is 2.82. The number of rotatable bonds is 7. The molecule has 1 aromatic rings. The molecule has 1 amide bonds. The Bertz CT molecular complexity index is 432. The highest BCUT2D eigenvalue weighted by molar-refractivity contribution is 5.97. The molecule has 0 unspecified atom stereocenters. The number of aromatic hydroxyl groups is 1. The molecular weight excluding hydrogens is 246 g/mol. The Hall–Kier alpha value is -1.75. The summed E-state index contributed by atoms with van der Waals surface area (Å²) in [5.74, 6) is -0.288. The first-order valence-corrected chi connectivity index (χ1v) is 6.43. The zero-order valence-corrected chi connectivity index (χ0v) is 11.4. The molecule has 0 aliphatic carbocycles. The third kappa shape index (κ3) is 4.13. The molecule has 1 rings (SSSR count). The topological polar surface area (TPSA) is 78.8 Å². The minimum atomic E-state index is -0.414. The van der Waals surface area contributed by atoms with E-state index in [4.69, 9.17) is 9.84 Å². The average molecular weight is 267 g/mol. The van der Waals surface area contributed by atoms with Crippen LogP contribution < -0.4 is 10.1 Å². The summed E-state index contributed by atoms with van der Waals surface area (Å²) in [5.41, 5.74) is 1.13. The lowest BCUT2D eigenvalue weighted by molar-refractivity contribution is 0.0941. The molecule has 3 N–H and O–H groups in total. The van der Waals surface area contributed by atoms with Gasteiger partial charge in [-0.1, -0.05) is 13.3 Å². The van der Waals surface area contributed by atoms with Gasteiger partial charge in [0.1, 0.15) is 0 Å². The van der Waals surface area contributed by atoms with Crippen molar-refractivity contribution in [1.82, 2.24) is 5.32 Å². The number of benzene rings is 1. The van der Waals surface area contributed by atoms with Crippen molar-refractivity contribution in [1.29, 1.82) is 0 Å². The van der Waals surface area contributed by atoms with E-state index in [1.54, 1.807) is 12.1 Å². The number of ether oxygens (including phenoxy) is 1. The smallest absolute Gasteiger partial charge is 0.255 e. The number of phenols is 1. The van der Waals surface area contributed by atoms with Gasteiger partial charge in [-0.05, 0) is 30.5 Å². The highest BCUT2D eigenvalue weighted by Crippen LogP contribution is 2.32. The van der Waals surface area contributed by atoms with Crippen LogP contribution in [-0.2, 0) is 6.42 Å². The molecule has 5 heteroatoms. The number of methoxy groups -OCH3 is 1. The number of aryl methyl sites for hydroxylation is 1. The van der Waals surface area contributed by atoms with Crippen molar-refractivity contribution >= 4 is 5.91 Å². The lowest BCUT2D eigenvalue weighted by Crippen LogP contribution is -2.26. The number of amides is 1. The fraction of sp³-hybridized carbons (Fsp3) is 0.500. The van der Waals surface area contributed by atoms with Gasteiger partial charge in [0.15, 0.2) is 11.5 Å². The number of unbranched alkanes of at least 4 members (excludes halogenated alkanes) is 1. The van der Waals surface area contributed by atoms with Crippen LogP contribution in [0.2, 0.25) is 0 Å². The maximum atomic E-state index is 11.9. The van der Waals surface area contributed by atoms with Gasteiger partial charge in [0.05, 0.1) is 19.3 Å². The van der Waals surface area contributed by atoms with Gasteiger partial charge in [0.25, 0.3) is 5.91 Å². The minimum Gasteiger partial charge on any atom is -0.504 e. The maximum Gasteiger partial charge on any atom is 0.255 e. The number of carbonyl (C=O) groups is 1. The lowest BCUT2D eigenvalue weighted by Gasteiger charge is -2.12. The Labute approximate surface area is 113 Å². The fourth-order valence-corrected chi connectivity index (χ4v) is 1.78. The van der Waals surface area contributed by atoms with E-state index in [2.05, 4.69) is 12.2 Å². The Morgan fingerprint density at radius 2 is 2.16 bits per heavy atom. The van der Waals surface area contributed by atoms with Gasteiger partial charge < -0.3 is 20.3 Å². The summed E-state index contributed by atoms with van der Waals surface area (Å²) < 4.78 is 5.08. The number of carbonyl (C=O) groups excluding carboxylic acids is 1. The molecular formula is C14H21NO4. The summed E-state index contributed by atoms with van der Waals surface area (Å²) in [7, 11) is 1.45. The molecule has 106 valence electrons. The highest BCUT2D eigenvalue weighted by Gasteiger charge is 2.16. The first-order valence-electron chi connectivity index (χ1n) is 6.43. The van der Waals surface area contributed by atoms with Crippen molar-refractivity contribution in [3.05, 3.63) is 23.3 Å². The molecule has 0 fully saturated rings. The number of phenolic OH excluding ortho intramolecular Hbond substituents is 1. The Kier molecular flexibility index (Phi) is 6.15. The number of hydrogen-bond acceptors (Lipinski definition) is 4. The number of hydrogen-bond donors (Lipinski definition) is 3. The van der Waals surface area contributed by atoms with Gasteiger partial charge in [-0.3, -0.25) is 4.79 Å². The minimum absolute atomic E-state index is 0.140. The second-order valence-electron chi connectivity index (χ2n) is 4.28. The molecule has 0 bridgehead atoms. The van der Waals surface area contributed by atoms with E-state index in [0.29, 0.717) is 5.75 Å². The summed E-state index contributed by atoms with van der Waals surface area (Å²) in [5, 5.41) is 21.2. The summed E-state index contributed by atoms with van der Waals surface area (Å²) in [6, 6.07) is 3.41. The van der Waals surface area contributed by atoms with Crippen LogP contribution in [0.4, 0.5) is 0 Å². The second kappa shape index (κ2) is 7.63. The molecule has 0 atom stereocenters. The third-order valence-corrected chi connectivity index (χ3v) is 2.82. The van der Waals surface area contributed by atoms with Crippen molar-refractivity contribution in [3.63, 3.8) is 0 Å². The van der Waals surface area contributed by atoms with E-state index < -0.39 is 5.91 Å². The average Bonchev–Trinajstić information content (AvgIpc) is 2.43. The van der Waals surface area contributed by atoms with Gasteiger partial charge in [-0.25, -0.2) is 0 Å². The van der Waals surface area contributed by atoms with Crippen LogP contribution in [0.5, 0.6) is 11.5 Å². The van der Waals surface area contributed by atoms with Crippen LogP contribution in [-0.4, -0.2) is 36.4 Å². The normalized spacial score (nSPS) is 10.3. The molecule has 0 aromatic heterocycles. The number of nitrogens with one attached hydrogen (secondary N) is 1. The molecule has 0 saturated heterocycles. The van der Waals surface area contributed by atoms with Crippen LogP contribution in [0, 0.1) is 0 Å². The van der Waals surface area contributed by atoms with Gasteiger partial charge >= 0.3 is 0 Å². The Morgan fingerprint density at radius 1 is 1.42 bits per heavy atom. The first kappa shape index (κ1) is 15.3. The summed E-state index contributed by atoms with van der Waals surface area (Å²) in [4.78, 5) is 11.9. The van der Waals surface area contributed by atoms with Crippen molar-refractivity contribution in [2.24, 2.45) is 0 Å². The second-order valence-corrected chi connectivity index (χ2v) is 4.28. The van der Waals surface area contributed by atoms with Gasteiger partial charge in [-0.2, -0.15) is 0 Å². The van der Waals surface area contributed by atoms with Gasteiger partial charge in [-0.15, -0.1) is 0 Å². The maximum absolute atomic E-state index is 11.9. The molecule has 0 spiro atoms. The number of aliphatic hydroxyl groups is 1. The molecule has 0 heterocycles. The Morgan fingerprint density at radius 3 is 2.74 bits per heavy atom. The lowest BCUT2D eigenvalue weighted by atomic mass is 10.0. The van der Waals surface area contributed by atoms with Crippen LogP contribution in [0.25, 0.3) is 0 Å². The van der Waals surface area contributed by atoms with E-state index in [1.807, 2.05) is 0 Å². The molecule has 1 aromatic carbocycles. The van der Waals surface area contributed by atoms with E-state index in [1.165, 1.54) is 7.11 Å². The van der Waals surface area contributed by atoms with Gasteiger partial charge in [0, 0.05) is 6.54 Å². The van der Waals surface area contributed by atoms with Crippen molar-refractivity contribution < 1.29 is 19.7 Å². The zero-order valence-electron chi connectivity index (χ0n) is 11.4. The van der Waals surface area contributed by atoms with Crippen LogP contribution >= 0.6 is 0 Å². The zero-order chi connectivity index (χ0) is 14.3. The monoisotopic (exact) mass is 267 g/mol. The predicted octanol–water partition coefficient (Wildman–Crippen LogP) is 1.47. The quantitative estimate of drug-likeness (QED) is 0.699. The van der Waals surface area contributed by atoms with Crippen LogP contribution in [0.1, 0.15) is 35.7 Å². The summed E-state index contributed by atoms with van der Waals surface area (Å²) >= 11 is 0. The Balaban J connectivity index is 3.02.